The average molecular weight is 356 g/mol. The molecule has 0 unspecified atom stereocenters. The number of fused-ring (bicyclic) bond motifs is 1. The Morgan fingerprint density at radius 2 is 1.73 bits per heavy atom. The zero-order valence-corrected chi connectivity index (χ0v) is 14.4. The van der Waals surface area contributed by atoms with Gasteiger partial charge in [-0.25, -0.2) is 0 Å². The van der Waals surface area contributed by atoms with Crippen LogP contribution in [0, 0.1) is 18.8 Å². The number of ether oxygens (including phenoxy) is 1. The first kappa shape index (κ1) is 17.8. The molecule has 1 heterocycles. The Balaban J connectivity index is 1.50. The molecule has 136 valence electrons. The number of carbonyl (C=O) groups excluding carboxylic acids is 4. The molecule has 1 aliphatic carbocycles. The number of amides is 3. The molecule has 0 spiro atoms. The topological polar surface area (TPSA) is 92.8 Å². The highest BCUT2D eigenvalue weighted by Crippen LogP contribution is 2.34. The molecular formula is C19H20N2O5. The molecule has 1 aromatic rings. The van der Waals surface area contributed by atoms with E-state index < -0.39 is 25.0 Å². The molecule has 1 saturated heterocycles. The van der Waals surface area contributed by atoms with Gasteiger partial charge < -0.3 is 10.1 Å². The van der Waals surface area contributed by atoms with Gasteiger partial charge in [0.05, 0.1) is 11.8 Å². The number of benzene rings is 1. The summed E-state index contributed by atoms with van der Waals surface area (Å²) in [6.07, 6.45) is 4.79. The van der Waals surface area contributed by atoms with E-state index in [1.165, 1.54) is 0 Å². The summed E-state index contributed by atoms with van der Waals surface area (Å²) in [6.45, 7) is 0.917. The van der Waals surface area contributed by atoms with E-state index in [0.29, 0.717) is 18.5 Å². The van der Waals surface area contributed by atoms with Crippen LogP contribution >= 0.6 is 0 Å². The van der Waals surface area contributed by atoms with Crippen LogP contribution in [0.25, 0.3) is 0 Å². The van der Waals surface area contributed by atoms with E-state index >= 15 is 0 Å². The summed E-state index contributed by atoms with van der Waals surface area (Å²) < 4.78 is 4.92. The number of nitrogens with one attached hydrogen (secondary N) is 1. The molecule has 26 heavy (non-hydrogen) atoms. The quantitative estimate of drug-likeness (QED) is 0.489. The van der Waals surface area contributed by atoms with Crippen LogP contribution in [-0.2, 0) is 23.9 Å². The van der Waals surface area contributed by atoms with Crippen molar-refractivity contribution in [3.05, 3.63) is 42.0 Å². The van der Waals surface area contributed by atoms with Crippen LogP contribution < -0.4 is 5.32 Å². The lowest BCUT2D eigenvalue weighted by Gasteiger charge is -2.14. The van der Waals surface area contributed by atoms with Crippen molar-refractivity contribution in [2.45, 2.75) is 19.8 Å². The molecule has 0 radical (unpaired) electrons. The minimum absolute atomic E-state index is 0.342. The van der Waals surface area contributed by atoms with Crippen molar-refractivity contribution in [1.29, 1.82) is 0 Å². The predicted octanol–water partition coefficient (Wildman–Crippen LogP) is 1.43. The first-order chi connectivity index (χ1) is 12.5. The van der Waals surface area contributed by atoms with Gasteiger partial charge in [-0.05, 0) is 31.4 Å². The van der Waals surface area contributed by atoms with Crippen molar-refractivity contribution in [2.75, 3.05) is 18.5 Å². The molecule has 1 fully saturated rings. The van der Waals surface area contributed by atoms with Crippen molar-refractivity contribution >= 4 is 29.4 Å². The summed E-state index contributed by atoms with van der Waals surface area (Å²) in [7, 11) is 0. The molecular weight excluding hydrogens is 336 g/mol. The lowest BCUT2D eigenvalue weighted by atomic mass is 9.85. The van der Waals surface area contributed by atoms with Crippen LogP contribution in [0.3, 0.4) is 0 Å². The molecule has 7 nitrogen and oxygen atoms in total. The van der Waals surface area contributed by atoms with Gasteiger partial charge in [0, 0.05) is 5.69 Å². The van der Waals surface area contributed by atoms with E-state index in [9.17, 15) is 19.2 Å². The van der Waals surface area contributed by atoms with Gasteiger partial charge in [-0.2, -0.15) is 0 Å². The predicted molar refractivity (Wildman–Crippen MR) is 92.8 cm³/mol. The Bertz CT molecular complexity index is 760. The summed E-state index contributed by atoms with van der Waals surface area (Å²) in [5.74, 6) is -2.71. The van der Waals surface area contributed by atoms with Gasteiger partial charge >= 0.3 is 5.97 Å². The van der Waals surface area contributed by atoms with E-state index in [1.54, 1.807) is 12.1 Å². The SMILES string of the molecule is Cc1ccccc1NC(=O)COC(=O)CN1C(=O)[C@@H]2CC=CC[C@H]2C1=O. The fourth-order valence-corrected chi connectivity index (χ4v) is 3.25. The Kier molecular flexibility index (Phi) is 5.16. The Hall–Kier alpha value is -2.96. The third kappa shape index (κ3) is 3.66. The summed E-state index contributed by atoms with van der Waals surface area (Å²) in [5.41, 5.74) is 1.52. The van der Waals surface area contributed by atoms with Crippen LogP contribution in [0.2, 0.25) is 0 Å². The number of carbonyl (C=O) groups is 4. The number of imide groups is 1. The second kappa shape index (κ2) is 7.51. The highest BCUT2D eigenvalue weighted by Gasteiger charge is 2.47. The Morgan fingerprint density at radius 3 is 2.35 bits per heavy atom. The number of likely N-dealkylation sites (tertiary alicyclic amines) is 1. The molecule has 0 saturated carbocycles. The van der Waals surface area contributed by atoms with Crippen LogP contribution in [0.4, 0.5) is 5.69 Å². The van der Waals surface area contributed by atoms with Gasteiger partial charge in [0.1, 0.15) is 6.54 Å². The molecule has 1 N–H and O–H groups in total. The van der Waals surface area contributed by atoms with E-state index in [4.69, 9.17) is 4.74 Å². The largest absolute Gasteiger partial charge is 0.454 e. The number of para-hydroxylation sites is 1. The highest BCUT2D eigenvalue weighted by molar-refractivity contribution is 6.07. The Morgan fingerprint density at radius 1 is 1.12 bits per heavy atom. The number of hydrogen-bond acceptors (Lipinski definition) is 5. The number of anilines is 1. The average Bonchev–Trinajstić information content (AvgIpc) is 2.87. The molecule has 2 atom stereocenters. The van der Waals surface area contributed by atoms with E-state index in [2.05, 4.69) is 5.32 Å². The maximum absolute atomic E-state index is 12.3. The fraction of sp³-hybridized carbons (Fsp3) is 0.368. The summed E-state index contributed by atoms with van der Waals surface area (Å²) >= 11 is 0. The van der Waals surface area contributed by atoms with Crippen molar-refractivity contribution in [3.8, 4) is 0 Å². The second-order valence-electron chi connectivity index (χ2n) is 6.44. The number of aryl methyl sites for hydroxylation is 1. The van der Waals surface area contributed by atoms with Gasteiger partial charge in [-0.3, -0.25) is 24.1 Å². The number of hydrogen-bond donors (Lipinski definition) is 1. The number of esters is 1. The van der Waals surface area contributed by atoms with Crippen molar-refractivity contribution in [3.63, 3.8) is 0 Å². The maximum atomic E-state index is 12.3. The molecule has 1 aromatic carbocycles. The van der Waals surface area contributed by atoms with E-state index in [1.807, 2.05) is 31.2 Å². The Labute approximate surface area is 151 Å². The maximum Gasteiger partial charge on any atom is 0.326 e. The number of nitrogens with zero attached hydrogens (tertiary/aromatic N) is 1. The van der Waals surface area contributed by atoms with Crippen LogP contribution in [0.1, 0.15) is 18.4 Å². The van der Waals surface area contributed by atoms with Gasteiger partial charge in [-0.1, -0.05) is 30.4 Å². The van der Waals surface area contributed by atoms with Crippen molar-refractivity contribution in [2.24, 2.45) is 11.8 Å². The standard InChI is InChI=1S/C19H20N2O5/c1-12-6-2-5-9-15(12)20-16(22)11-26-17(23)10-21-18(24)13-7-3-4-8-14(13)19(21)25/h2-6,9,13-14H,7-8,10-11H2,1H3,(H,20,22)/t13-,14-/m1/s1. The summed E-state index contributed by atoms with van der Waals surface area (Å²) in [6, 6.07) is 7.22. The molecule has 1 aliphatic heterocycles. The third-order valence-corrected chi connectivity index (χ3v) is 4.67. The zero-order valence-electron chi connectivity index (χ0n) is 14.4. The lowest BCUT2D eigenvalue weighted by Crippen LogP contribution is -2.37. The highest BCUT2D eigenvalue weighted by atomic mass is 16.5. The second-order valence-corrected chi connectivity index (χ2v) is 6.44. The minimum atomic E-state index is -0.779. The molecule has 3 rings (SSSR count). The van der Waals surface area contributed by atoms with Gasteiger partial charge in [-0.15, -0.1) is 0 Å². The van der Waals surface area contributed by atoms with Crippen molar-refractivity contribution < 1.29 is 23.9 Å². The number of rotatable bonds is 5. The molecule has 3 amide bonds. The monoisotopic (exact) mass is 356 g/mol. The van der Waals surface area contributed by atoms with Gasteiger partial charge in [0.25, 0.3) is 5.91 Å². The first-order valence-electron chi connectivity index (χ1n) is 8.48. The third-order valence-electron chi connectivity index (χ3n) is 4.67. The first-order valence-corrected chi connectivity index (χ1v) is 8.48. The normalized spacial score (nSPS) is 21.5. The van der Waals surface area contributed by atoms with Crippen LogP contribution in [0.5, 0.6) is 0 Å². The molecule has 0 aromatic heterocycles. The van der Waals surface area contributed by atoms with Crippen LogP contribution in [0.15, 0.2) is 36.4 Å². The summed E-state index contributed by atoms with van der Waals surface area (Å²) in [4.78, 5) is 49.4. The summed E-state index contributed by atoms with van der Waals surface area (Å²) in [5, 5.41) is 2.65. The number of allylic oxidation sites excluding steroid dienone is 2. The van der Waals surface area contributed by atoms with Crippen molar-refractivity contribution in [1.82, 2.24) is 4.90 Å². The van der Waals surface area contributed by atoms with E-state index in [0.717, 1.165) is 10.5 Å². The molecule has 2 aliphatic rings. The van der Waals surface area contributed by atoms with Crippen LogP contribution in [-0.4, -0.2) is 41.7 Å². The molecule has 7 heteroatoms. The smallest absolute Gasteiger partial charge is 0.326 e. The van der Waals surface area contributed by atoms with Gasteiger partial charge in [0.15, 0.2) is 6.61 Å². The zero-order chi connectivity index (χ0) is 18.7. The fourth-order valence-electron chi connectivity index (χ4n) is 3.25. The minimum Gasteiger partial charge on any atom is -0.454 e. The van der Waals surface area contributed by atoms with E-state index in [-0.39, 0.29) is 23.7 Å². The van der Waals surface area contributed by atoms with Gasteiger partial charge in [0.2, 0.25) is 11.8 Å². The lowest BCUT2D eigenvalue weighted by molar-refractivity contribution is -0.154. The molecule has 0 bridgehead atoms.